The predicted octanol–water partition coefficient (Wildman–Crippen LogP) is 9.52. The largest absolute Gasteiger partial charge is 0.278 e. The third kappa shape index (κ3) is 3.18. The molecule has 3 aromatic heterocycles. The van der Waals surface area contributed by atoms with Gasteiger partial charge < -0.3 is 0 Å². The lowest BCUT2D eigenvalue weighted by Gasteiger charge is -2.11. The molecule has 0 aliphatic heterocycles. The Morgan fingerprint density at radius 2 is 1.32 bits per heavy atom. The van der Waals surface area contributed by atoms with Crippen molar-refractivity contribution in [2.24, 2.45) is 0 Å². The van der Waals surface area contributed by atoms with Crippen LogP contribution in [0.4, 0.5) is 0 Å². The SMILES string of the molecule is Brc1ccc2c(c1)c1cc3sc4ccccc4c3cc1n2-c1nc(-c2ccccc2)c2ccccc2n1. The van der Waals surface area contributed by atoms with Gasteiger partial charge in [-0.2, -0.15) is 0 Å². The molecule has 0 amide bonds. The van der Waals surface area contributed by atoms with Crippen molar-refractivity contribution in [3.8, 4) is 17.2 Å². The Morgan fingerprint density at radius 3 is 2.22 bits per heavy atom. The Kier molecular flexibility index (Phi) is 4.54. The monoisotopic (exact) mass is 555 g/mol. The van der Waals surface area contributed by atoms with E-state index in [1.165, 1.54) is 30.9 Å². The molecule has 0 atom stereocenters. The number of aromatic nitrogens is 3. The fourth-order valence-electron chi connectivity index (χ4n) is 5.41. The maximum Gasteiger partial charge on any atom is 0.235 e. The summed E-state index contributed by atoms with van der Waals surface area (Å²) in [5, 5.41) is 5.98. The molecule has 0 spiro atoms. The fraction of sp³-hybridized carbons (Fsp3) is 0. The number of benzene rings is 5. The number of rotatable bonds is 2. The molecule has 0 N–H and O–H groups in total. The Labute approximate surface area is 224 Å². The highest BCUT2D eigenvalue weighted by molar-refractivity contribution is 9.10. The Hall–Kier alpha value is -4.06. The summed E-state index contributed by atoms with van der Waals surface area (Å²) in [6, 6.07) is 38.4. The van der Waals surface area contributed by atoms with Gasteiger partial charge >= 0.3 is 0 Å². The average molecular weight is 556 g/mol. The van der Waals surface area contributed by atoms with Gasteiger partial charge in [0.15, 0.2) is 0 Å². The van der Waals surface area contributed by atoms with Gasteiger partial charge in [0.1, 0.15) is 0 Å². The maximum atomic E-state index is 5.21. The van der Waals surface area contributed by atoms with Crippen molar-refractivity contribution in [3.63, 3.8) is 0 Å². The maximum absolute atomic E-state index is 5.21. The van der Waals surface area contributed by atoms with Crippen LogP contribution in [-0.4, -0.2) is 14.5 Å². The minimum absolute atomic E-state index is 0.679. The Balaban J connectivity index is 1.53. The van der Waals surface area contributed by atoms with Crippen LogP contribution in [0.2, 0.25) is 0 Å². The van der Waals surface area contributed by atoms with E-state index in [0.717, 1.165) is 37.7 Å². The number of hydrogen-bond donors (Lipinski definition) is 0. The topological polar surface area (TPSA) is 30.7 Å². The van der Waals surface area contributed by atoms with Gasteiger partial charge in [0, 0.05) is 46.4 Å². The summed E-state index contributed by atoms with van der Waals surface area (Å²) in [6.07, 6.45) is 0. The lowest BCUT2D eigenvalue weighted by Crippen LogP contribution is -2.03. The average Bonchev–Trinajstić information content (AvgIpc) is 3.46. The van der Waals surface area contributed by atoms with E-state index in [0.29, 0.717) is 5.95 Å². The molecular weight excluding hydrogens is 538 g/mol. The summed E-state index contributed by atoms with van der Waals surface area (Å²) in [4.78, 5) is 10.3. The van der Waals surface area contributed by atoms with Crippen LogP contribution in [0, 0.1) is 0 Å². The highest BCUT2D eigenvalue weighted by atomic mass is 79.9. The first kappa shape index (κ1) is 21.1. The van der Waals surface area contributed by atoms with E-state index < -0.39 is 0 Å². The van der Waals surface area contributed by atoms with Crippen molar-refractivity contribution < 1.29 is 0 Å². The fourth-order valence-corrected chi connectivity index (χ4v) is 6.89. The summed E-state index contributed by atoms with van der Waals surface area (Å²) in [6.45, 7) is 0. The lowest BCUT2D eigenvalue weighted by molar-refractivity contribution is 1.01. The molecule has 8 rings (SSSR count). The molecule has 0 saturated carbocycles. The third-order valence-electron chi connectivity index (χ3n) is 7.06. The van der Waals surface area contributed by atoms with Crippen molar-refractivity contribution in [2.45, 2.75) is 0 Å². The van der Waals surface area contributed by atoms with E-state index in [1.54, 1.807) is 0 Å². The first-order valence-corrected chi connectivity index (χ1v) is 13.7. The number of thiophene rings is 1. The summed E-state index contributed by atoms with van der Waals surface area (Å²) in [7, 11) is 0. The number of nitrogens with zero attached hydrogens (tertiary/aromatic N) is 3. The minimum Gasteiger partial charge on any atom is -0.278 e. The van der Waals surface area contributed by atoms with E-state index in [-0.39, 0.29) is 0 Å². The summed E-state index contributed by atoms with van der Waals surface area (Å²) in [5.41, 5.74) is 5.15. The summed E-state index contributed by atoms with van der Waals surface area (Å²) >= 11 is 5.54. The van der Waals surface area contributed by atoms with Crippen molar-refractivity contribution >= 4 is 80.1 Å². The van der Waals surface area contributed by atoms with E-state index in [4.69, 9.17) is 9.97 Å². The standard InChI is InChI=1S/C32H18BrN3S/c33-20-14-15-27-23(16-20)24-18-30-25(21-10-5-7-13-29(21)37-30)17-28(24)36(27)32-34-26-12-6-4-11-22(26)31(35-32)19-8-2-1-3-9-19/h1-18H. The zero-order valence-electron chi connectivity index (χ0n) is 19.5. The van der Waals surface area contributed by atoms with Gasteiger partial charge in [-0.15, -0.1) is 11.3 Å². The van der Waals surface area contributed by atoms with Crippen LogP contribution < -0.4 is 0 Å². The van der Waals surface area contributed by atoms with Crippen LogP contribution in [0.25, 0.3) is 70.1 Å². The van der Waals surface area contributed by atoms with Gasteiger partial charge in [-0.1, -0.05) is 82.7 Å². The highest BCUT2D eigenvalue weighted by Gasteiger charge is 2.19. The molecule has 5 heteroatoms. The molecule has 0 aliphatic rings. The molecule has 0 aliphatic carbocycles. The van der Waals surface area contributed by atoms with E-state index in [2.05, 4.69) is 111 Å². The molecule has 3 nitrogen and oxygen atoms in total. The normalized spacial score (nSPS) is 11.9. The zero-order chi connectivity index (χ0) is 24.5. The molecule has 3 heterocycles. The third-order valence-corrected chi connectivity index (χ3v) is 8.69. The first-order chi connectivity index (χ1) is 18.2. The van der Waals surface area contributed by atoms with E-state index in [9.17, 15) is 0 Å². The van der Waals surface area contributed by atoms with Crippen molar-refractivity contribution in [3.05, 3.63) is 114 Å². The summed E-state index contributed by atoms with van der Waals surface area (Å²) in [5.74, 6) is 0.679. The zero-order valence-corrected chi connectivity index (χ0v) is 21.9. The van der Waals surface area contributed by atoms with E-state index >= 15 is 0 Å². The Morgan fingerprint density at radius 1 is 0.568 bits per heavy atom. The van der Waals surface area contributed by atoms with Gasteiger partial charge in [-0.3, -0.25) is 4.57 Å². The first-order valence-electron chi connectivity index (χ1n) is 12.1. The van der Waals surface area contributed by atoms with Crippen molar-refractivity contribution in [1.29, 1.82) is 0 Å². The highest BCUT2D eigenvalue weighted by Crippen LogP contribution is 2.41. The number of fused-ring (bicyclic) bond motifs is 7. The molecule has 0 radical (unpaired) electrons. The van der Waals surface area contributed by atoms with Gasteiger partial charge in [0.05, 0.1) is 22.2 Å². The molecule has 0 unspecified atom stereocenters. The minimum atomic E-state index is 0.679. The number of halogens is 1. The van der Waals surface area contributed by atoms with E-state index in [1.807, 2.05) is 29.5 Å². The van der Waals surface area contributed by atoms with Crippen LogP contribution in [0.1, 0.15) is 0 Å². The van der Waals surface area contributed by atoms with Crippen molar-refractivity contribution in [1.82, 2.24) is 14.5 Å². The summed E-state index contributed by atoms with van der Waals surface area (Å²) < 4.78 is 5.87. The molecule has 174 valence electrons. The molecule has 0 bridgehead atoms. The molecular formula is C32H18BrN3S. The van der Waals surface area contributed by atoms with Gasteiger partial charge in [-0.25, -0.2) is 9.97 Å². The quantitative estimate of drug-likeness (QED) is 0.212. The molecule has 0 fully saturated rings. The smallest absolute Gasteiger partial charge is 0.235 e. The second-order valence-electron chi connectivity index (χ2n) is 9.22. The lowest BCUT2D eigenvalue weighted by atomic mass is 10.1. The van der Waals surface area contributed by atoms with Crippen LogP contribution in [0.3, 0.4) is 0 Å². The molecule has 8 aromatic rings. The number of para-hydroxylation sites is 1. The second-order valence-corrected chi connectivity index (χ2v) is 11.2. The van der Waals surface area contributed by atoms with Crippen LogP contribution in [0.15, 0.2) is 114 Å². The Bertz CT molecular complexity index is 2160. The van der Waals surface area contributed by atoms with Crippen LogP contribution in [0.5, 0.6) is 0 Å². The second kappa shape index (κ2) is 7.97. The van der Waals surface area contributed by atoms with Crippen LogP contribution in [-0.2, 0) is 0 Å². The van der Waals surface area contributed by atoms with Gasteiger partial charge in [0.25, 0.3) is 0 Å². The van der Waals surface area contributed by atoms with Gasteiger partial charge in [0.2, 0.25) is 5.95 Å². The molecule has 5 aromatic carbocycles. The molecule has 0 saturated heterocycles. The molecule has 37 heavy (non-hydrogen) atoms. The van der Waals surface area contributed by atoms with Crippen molar-refractivity contribution in [2.75, 3.05) is 0 Å². The number of hydrogen-bond acceptors (Lipinski definition) is 3. The van der Waals surface area contributed by atoms with Gasteiger partial charge in [-0.05, 0) is 42.5 Å². The van der Waals surface area contributed by atoms with Crippen LogP contribution >= 0.6 is 27.3 Å². The predicted molar refractivity (Wildman–Crippen MR) is 160 cm³/mol.